The Morgan fingerprint density at radius 1 is 1.12 bits per heavy atom. The summed E-state index contributed by atoms with van der Waals surface area (Å²) in [7, 11) is 0. The average molecular weight is 480 g/mol. The van der Waals surface area contributed by atoms with Crippen molar-refractivity contribution in [2.24, 2.45) is 0 Å². The summed E-state index contributed by atoms with van der Waals surface area (Å²) in [5.41, 5.74) is 1.72. The third-order valence-corrected chi connectivity index (χ3v) is 6.04. The molecule has 0 spiro atoms. The van der Waals surface area contributed by atoms with Crippen LogP contribution in [0.25, 0.3) is 17.4 Å². The first-order valence-corrected chi connectivity index (χ1v) is 11.1. The smallest absolute Gasteiger partial charge is 0.268 e. The maximum atomic E-state index is 12.6. The van der Waals surface area contributed by atoms with Crippen molar-refractivity contribution in [2.75, 3.05) is 5.32 Å². The number of halogens is 2. The van der Waals surface area contributed by atoms with Gasteiger partial charge in [-0.2, -0.15) is 5.26 Å². The van der Waals surface area contributed by atoms with E-state index in [0.717, 1.165) is 16.0 Å². The van der Waals surface area contributed by atoms with Crippen LogP contribution in [0.5, 0.6) is 0 Å². The van der Waals surface area contributed by atoms with Crippen LogP contribution < -0.4 is 5.32 Å². The Morgan fingerprint density at radius 3 is 2.66 bits per heavy atom. The molecular formula is C24H15Cl2N3O2S. The van der Waals surface area contributed by atoms with Crippen molar-refractivity contribution >= 4 is 51.7 Å². The van der Waals surface area contributed by atoms with E-state index in [0.29, 0.717) is 33.1 Å². The quantitative estimate of drug-likeness (QED) is 0.242. The van der Waals surface area contributed by atoms with Gasteiger partial charge < -0.3 is 4.42 Å². The zero-order valence-corrected chi connectivity index (χ0v) is 18.8. The fourth-order valence-electron chi connectivity index (χ4n) is 2.93. The van der Waals surface area contributed by atoms with E-state index in [9.17, 15) is 10.1 Å². The molecule has 0 atom stereocenters. The van der Waals surface area contributed by atoms with Crippen LogP contribution in [0.1, 0.15) is 16.2 Å². The lowest BCUT2D eigenvalue weighted by atomic mass is 10.1. The van der Waals surface area contributed by atoms with Gasteiger partial charge in [-0.05, 0) is 48.0 Å². The number of aromatic nitrogens is 1. The van der Waals surface area contributed by atoms with E-state index in [-0.39, 0.29) is 5.57 Å². The number of hydrogen-bond donors (Lipinski definition) is 1. The van der Waals surface area contributed by atoms with Gasteiger partial charge in [0.15, 0.2) is 5.13 Å². The first-order valence-electron chi connectivity index (χ1n) is 9.49. The molecule has 0 aliphatic heterocycles. The molecule has 0 aliphatic rings. The summed E-state index contributed by atoms with van der Waals surface area (Å²) in [5.74, 6) is 0.436. The molecule has 0 bridgehead atoms. The fourth-order valence-corrected chi connectivity index (χ4v) is 4.09. The molecule has 0 unspecified atom stereocenters. The number of nitrogens with one attached hydrogen (secondary N) is 1. The lowest BCUT2D eigenvalue weighted by molar-refractivity contribution is -0.112. The Hall–Kier alpha value is -3.37. The number of anilines is 1. The van der Waals surface area contributed by atoms with Crippen LogP contribution in [-0.4, -0.2) is 10.9 Å². The SMILES string of the molecule is N#C/C(=C\c1ccc(-c2ccc(Cl)cc2)o1)C(=O)Nc1ncc(Cc2ccccc2Cl)s1. The number of nitrogens with zero attached hydrogens (tertiary/aromatic N) is 2. The number of hydrogen-bond acceptors (Lipinski definition) is 5. The number of amides is 1. The van der Waals surface area contributed by atoms with Gasteiger partial charge in [-0.1, -0.05) is 41.4 Å². The normalized spacial score (nSPS) is 11.2. The maximum absolute atomic E-state index is 12.6. The zero-order chi connectivity index (χ0) is 22.5. The van der Waals surface area contributed by atoms with Gasteiger partial charge in [0.1, 0.15) is 23.2 Å². The lowest BCUT2D eigenvalue weighted by Gasteiger charge is -2.01. The summed E-state index contributed by atoms with van der Waals surface area (Å²) in [6, 6.07) is 20.1. The minimum atomic E-state index is -0.560. The van der Waals surface area contributed by atoms with Crippen LogP contribution in [0.2, 0.25) is 10.0 Å². The predicted octanol–water partition coefficient (Wildman–Crippen LogP) is 6.85. The minimum Gasteiger partial charge on any atom is -0.457 e. The molecule has 8 heteroatoms. The van der Waals surface area contributed by atoms with E-state index >= 15 is 0 Å². The van der Waals surface area contributed by atoms with Crippen LogP contribution in [0.3, 0.4) is 0 Å². The molecule has 2 aromatic heterocycles. The Bertz CT molecular complexity index is 1330. The molecule has 2 aromatic carbocycles. The van der Waals surface area contributed by atoms with E-state index in [1.165, 1.54) is 17.4 Å². The topological polar surface area (TPSA) is 78.9 Å². The second-order valence-corrected chi connectivity index (χ2v) is 8.69. The fraction of sp³-hybridized carbons (Fsp3) is 0.0417. The van der Waals surface area contributed by atoms with Crippen LogP contribution in [0.4, 0.5) is 5.13 Å². The van der Waals surface area contributed by atoms with Crippen LogP contribution in [0, 0.1) is 11.3 Å². The summed E-state index contributed by atoms with van der Waals surface area (Å²) in [5, 5.41) is 13.8. The molecule has 0 fully saturated rings. The summed E-state index contributed by atoms with van der Waals surface area (Å²) < 4.78 is 5.75. The number of carbonyl (C=O) groups excluding carboxylic acids is 1. The highest BCUT2D eigenvalue weighted by atomic mass is 35.5. The Kier molecular flexibility index (Phi) is 6.72. The molecular weight excluding hydrogens is 465 g/mol. The minimum absolute atomic E-state index is 0.0927. The largest absolute Gasteiger partial charge is 0.457 e. The van der Waals surface area contributed by atoms with Crippen LogP contribution >= 0.6 is 34.5 Å². The first-order chi connectivity index (χ1) is 15.5. The monoisotopic (exact) mass is 479 g/mol. The highest BCUT2D eigenvalue weighted by molar-refractivity contribution is 7.15. The number of thiazole rings is 1. The van der Waals surface area contributed by atoms with E-state index in [4.69, 9.17) is 27.6 Å². The molecule has 2 heterocycles. The number of benzene rings is 2. The summed E-state index contributed by atoms with van der Waals surface area (Å²) >= 11 is 13.4. The van der Waals surface area contributed by atoms with Gasteiger partial charge in [-0.15, -0.1) is 11.3 Å². The van der Waals surface area contributed by atoms with E-state index < -0.39 is 5.91 Å². The summed E-state index contributed by atoms with van der Waals surface area (Å²) in [6.07, 6.45) is 3.69. The van der Waals surface area contributed by atoms with E-state index in [2.05, 4.69) is 10.3 Å². The highest BCUT2D eigenvalue weighted by Crippen LogP contribution is 2.26. The zero-order valence-electron chi connectivity index (χ0n) is 16.5. The third kappa shape index (κ3) is 5.27. The van der Waals surface area contributed by atoms with Gasteiger partial charge in [0.2, 0.25) is 0 Å². The predicted molar refractivity (Wildman–Crippen MR) is 128 cm³/mol. The van der Waals surface area contributed by atoms with Gasteiger partial charge in [-0.25, -0.2) is 4.98 Å². The molecule has 0 saturated heterocycles. The van der Waals surface area contributed by atoms with Gasteiger partial charge in [-0.3, -0.25) is 10.1 Å². The van der Waals surface area contributed by atoms with Gasteiger partial charge in [0.25, 0.3) is 5.91 Å². The second-order valence-electron chi connectivity index (χ2n) is 6.73. The number of nitriles is 1. The Morgan fingerprint density at radius 2 is 1.91 bits per heavy atom. The van der Waals surface area contributed by atoms with E-state index in [1.807, 2.05) is 42.5 Å². The number of carbonyl (C=O) groups is 1. The van der Waals surface area contributed by atoms with Crippen molar-refractivity contribution in [1.82, 2.24) is 4.98 Å². The second kappa shape index (κ2) is 9.84. The molecule has 1 N–H and O–H groups in total. The third-order valence-electron chi connectivity index (χ3n) is 4.50. The summed E-state index contributed by atoms with van der Waals surface area (Å²) in [6.45, 7) is 0. The van der Waals surface area contributed by atoms with Crippen LogP contribution in [0.15, 0.2) is 76.9 Å². The van der Waals surface area contributed by atoms with E-state index in [1.54, 1.807) is 30.5 Å². The molecule has 0 radical (unpaired) electrons. The van der Waals surface area contributed by atoms with Crippen molar-refractivity contribution < 1.29 is 9.21 Å². The Balaban J connectivity index is 1.45. The van der Waals surface area contributed by atoms with Crippen LogP contribution in [-0.2, 0) is 11.2 Å². The molecule has 0 aliphatic carbocycles. The van der Waals surface area contributed by atoms with Gasteiger partial charge >= 0.3 is 0 Å². The summed E-state index contributed by atoms with van der Waals surface area (Å²) in [4.78, 5) is 17.7. The molecule has 0 saturated carbocycles. The molecule has 4 rings (SSSR count). The van der Waals surface area contributed by atoms with Crippen molar-refractivity contribution in [3.63, 3.8) is 0 Å². The van der Waals surface area contributed by atoms with Crippen molar-refractivity contribution in [3.05, 3.63) is 98.7 Å². The van der Waals surface area contributed by atoms with Gasteiger partial charge in [0.05, 0.1) is 0 Å². The molecule has 32 heavy (non-hydrogen) atoms. The van der Waals surface area contributed by atoms with Gasteiger partial charge in [0, 0.05) is 39.2 Å². The van der Waals surface area contributed by atoms with Crippen molar-refractivity contribution in [1.29, 1.82) is 5.26 Å². The molecule has 1 amide bonds. The number of rotatable bonds is 6. The molecule has 5 nitrogen and oxygen atoms in total. The molecule has 4 aromatic rings. The lowest BCUT2D eigenvalue weighted by Crippen LogP contribution is -2.13. The molecule has 158 valence electrons. The maximum Gasteiger partial charge on any atom is 0.268 e. The first kappa shape index (κ1) is 21.8. The standard InChI is InChI=1S/C24H15Cl2N3O2S/c25-18-7-5-15(6-8-18)22-10-9-19(31-22)11-17(13-27)23(30)29-24-28-14-20(32-24)12-16-3-1-2-4-21(16)26/h1-11,14H,12H2,(H,28,29,30)/b17-11+. The van der Waals surface area contributed by atoms with Crippen molar-refractivity contribution in [2.45, 2.75) is 6.42 Å². The average Bonchev–Trinajstić information content (AvgIpc) is 3.43. The van der Waals surface area contributed by atoms with Crippen molar-refractivity contribution in [3.8, 4) is 17.4 Å². The Labute approximate surface area is 198 Å². The highest BCUT2D eigenvalue weighted by Gasteiger charge is 2.14. The number of furan rings is 1.